The first-order valence-corrected chi connectivity index (χ1v) is 7.15. The van der Waals surface area contributed by atoms with E-state index in [4.69, 9.17) is 5.73 Å². The Bertz CT molecular complexity index is 293. The van der Waals surface area contributed by atoms with Crippen LogP contribution in [0.25, 0.3) is 0 Å². The Kier molecular flexibility index (Phi) is 7.74. The highest BCUT2D eigenvalue weighted by Gasteiger charge is 2.01. The van der Waals surface area contributed by atoms with Crippen molar-refractivity contribution in [2.45, 2.75) is 58.3 Å². The minimum absolute atomic E-state index is 0.831. The Morgan fingerprint density at radius 2 is 1.41 bits per heavy atom. The minimum Gasteiger partial charge on any atom is -0.330 e. The molecule has 1 nitrogen and oxygen atoms in total. The van der Waals surface area contributed by atoms with Crippen molar-refractivity contribution in [1.82, 2.24) is 0 Å². The maximum atomic E-state index is 5.52. The second-order valence-electron chi connectivity index (χ2n) is 4.83. The fourth-order valence-electron chi connectivity index (χ4n) is 2.25. The van der Waals surface area contributed by atoms with E-state index in [-0.39, 0.29) is 0 Å². The summed E-state index contributed by atoms with van der Waals surface area (Å²) in [5, 5.41) is 0. The molecule has 17 heavy (non-hydrogen) atoms. The number of nitrogens with two attached hydrogens (primary N) is 1. The Balaban J connectivity index is 2.40. The van der Waals surface area contributed by atoms with Crippen LogP contribution in [0.1, 0.15) is 56.6 Å². The molecule has 96 valence electrons. The number of rotatable bonds is 9. The quantitative estimate of drug-likeness (QED) is 0.639. The van der Waals surface area contributed by atoms with Crippen LogP contribution < -0.4 is 5.73 Å². The van der Waals surface area contributed by atoms with Crippen LogP contribution in [0.15, 0.2) is 24.3 Å². The SMILES string of the molecule is CCCCCc1ccccc1CCCCCN. The van der Waals surface area contributed by atoms with Crippen LogP contribution in [0.4, 0.5) is 0 Å². The molecule has 1 aromatic carbocycles. The minimum atomic E-state index is 0.831. The van der Waals surface area contributed by atoms with E-state index in [2.05, 4.69) is 31.2 Å². The van der Waals surface area contributed by atoms with Crippen LogP contribution in [0.5, 0.6) is 0 Å². The molecule has 0 aliphatic carbocycles. The predicted octanol–water partition coefficient (Wildman–Crippen LogP) is 4.09. The van der Waals surface area contributed by atoms with Gasteiger partial charge in [0.15, 0.2) is 0 Å². The monoisotopic (exact) mass is 233 g/mol. The van der Waals surface area contributed by atoms with Crippen molar-refractivity contribution >= 4 is 0 Å². The largest absolute Gasteiger partial charge is 0.330 e. The molecule has 1 aromatic rings. The number of hydrogen-bond donors (Lipinski definition) is 1. The second-order valence-corrected chi connectivity index (χ2v) is 4.83. The number of unbranched alkanes of at least 4 members (excludes halogenated alkanes) is 4. The molecule has 0 aromatic heterocycles. The van der Waals surface area contributed by atoms with Crippen LogP contribution in [-0.2, 0) is 12.8 Å². The standard InChI is InChI=1S/C16H27N/c1-2-3-5-10-15-12-7-8-13-16(15)11-6-4-9-14-17/h7-8,12-13H,2-6,9-11,14,17H2,1H3. The van der Waals surface area contributed by atoms with Crippen LogP contribution in [0.3, 0.4) is 0 Å². The summed E-state index contributed by atoms with van der Waals surface area (Å²) in [5.41, 5.74) is 8.64. The summed E-state index contributed by atoms with van der Waals surface area (Å²) in [6.45, 7) is 3.09. The van der Waals surface area contributed by atoms with E-state index in [1.54, 1.807) is 11.1 Å². The highest BCUT2D eigenvalue weighted by molar-refractivity contribution is 5.27. The summed E-state index contributed by atoms with van der Waals surface area (Å²) < 4.78 is 0. The third kappa shape index (κ3) is 5.88. The summed E-state index contributed by atoms with van der Waals surface area (Å²) in [6.07, 6.45) is 10.2. The second kappa shape index (κ2) is 9.23. The summed E-state index contributed by atoms with van der Waals surface area (Å²) in [4.78, 5) is 0. The lowest BCUT2D eigenvalue weighted by atomic mass is 9.97. The molecule has 1 heteroatoms. The molecule has 0 amide bonds. The van der Waals surface area contributed by atoms with E-state index in [9.17, 15) is 0 Å². The molecule has 2 N–H and O–H groups in total. The number of hydrogen-bond acceptors (Lipinski definition) is 1. The van der Waals surface area contributed by atoms with Crippen molar-refractivity contribution in [3.8, 4) is 0 Å². The molecule has 0 aliphatic rings. The molecule has 0 bridgehead atoms. The average Bonchev–Trinajstić information content (AvgIpc) is 2.36. The molecule has 1 rings (SSSR count). The van der Waals surface area contributed by atoms with Gasteiger partial charge in [0.05, 0.1) is 0 Å². The lowest BCUT2D eigenvalue weighted by molar-refractivity contribution is 0.676. The van der Waals surface area contributed by atoms with Gasteiger partial charge in [-0.15, -0.1) is 0 Å². The van der Waals surface area contributed by atoms with Crippen molar-refractivity contribution in [3.63, 3.8) is 0 Å². The topological polar surface area (TPSA) is 26.0 Å². The van der Waals surface area contributed by atoms with E-state index in [1.165, 1.54) is 44.9 Å². The van der Waals surface area contributed by atoms with E-state index in [0.29, 0.717) is 0 Å². The summed E-state index contributed by atoms with van der Waals surface area (Å²) >= 11 is 0. The molecular formula is C16H27N. The van der Waals surface area contributed by atoms with Gasteiger partial charge in [0.25, 0.3) is 0 Å². The summed E-state index contributed by atoms with van der Waals surface area (Å²) in [7, 11) is 0. The Morgan fingerprint density at radius 1 is 0.824 bits per heavy atom. The van der Waals surface area contributed by atoms with Crippen LogP contribution in [0.2, 0.25) is 0 Å². The fourth-order valence-corrected chi connectivity index (χ4v) is 2.25. The first kappa shape index (κ1) is 14.2. The summed E-state index contributed by atoms with van der Waals surface area (Å²) in [6, 6.07) is 8.93. The average molecular weight is 233 g/mol. The third-order valence-corrected chi connectivity index (χ3v) is 3.32. The number of aryl methyl sites for hydroxylation is 2. The highest BCUT2D eigenvalue weighted by atomic mass is 14.5. The molecule has 0 radical (unpaired) electrons. The van der Waals surface area contributed by atoms with Crippen LogP contribution in [0, 0.1) is 0 Å². The molecule has 0 atom stereocenters. The van der Waals surface area contributed by atoms with Gasteiger partial charge in [0, 0.05) is 0 Å². The lowest BCUT2D eigenvalue weighted by Crippen LogP contribution is -1.99. The molecular weight excluding hydrogens is 206 g/mol. The third-order valence-electron chi connectivity index (χ3n) is 3.32. The van der Waals surface area contributed by atoms with Crippen LogP contribution in [-0.4, -0.2) is 6.54 Å². The van der Waals surface area contributed by atoms with Gasteiger partial charge in [0.2, 0.25) is 0 Å². The first-order valence-electron chi connectivity index (χ1n) is 7.15. The van der Waals surface area contributed by atoms with Crippen LogP contribution >= 0.6 is 0 Å². The maximum absolute atomic E-state index is 5.52. The van der Waals surface area contributed by atoms with E-state index in [0.717, 1.165) is 13.0 Å². The zero-order valence-corrected chi connectivity index (χ0v) is 11.3. The van der Waals surface area contributed by atoms with E-state index in [1.807, 2.05) is 0 Å². The van der Waals surface area contributed by atoms with Gasteiger partial charge in [0.1, 0.15) is 0 Å². The van der Waals surface area contributed by atoms with E-state index >= 15 is 0 Å². The van der Waals surface area contributed by atoms with Gasteiger partial charge in [-0.3, -0.25) is 0 Å². The molecule has 0 saturated carbocycles. The van der Waals surface area contributed by atoms with Crippen molar-refractivity contribution in [1.29, 1.82) is 0 Å². The molecule has 0 saturated heterocycles. The zero-order chi connectivity index (χ0) is 12.3. The van der Waals surface area contributed by atoms with Gasteiger partial charge in [-0.2, -0.15) is 0 Å². The van der Waals surface area contributed by atoms with Gasteiger partial charge >= 0.3 is 0 Å². The van der Waals surface area contributed by atoms with Gasteiger partial charge in [-0.05, 0) is 49.8 Å². The molecule has 0 unspecified atom stereocenters. The fraction of sp³-hybridized carbons (Fsp3) is 0.625. The van der Waals surface area contributed by atoms with Crippen molar-refractivity contribution in [3.05, 3.63) is 35.4 Å². The highest BCUT2D eigenvalue weighted by Crippen LogP contribution is 2.15. The predicted molar refractivity (Wildman–Crippen MR) is 76.3 cm³/mol. The Hall–Kier alpha value is -0.820. The van der Waals surface area contributed by atoms with Gasteiger partial charge in [-0.1, -0.05) is 50.5 Å². The van der Waals surface area contributed by atoms with Crippen molar-refractivity contribution in [2.24, 2.45) is 5.73 Å². The maximum Gasteiger partial charge on any atom is -0.00773 e. The van der Waals surface area contributed by atoms with Crippen molar-refractivity contribution in [2.75, 3.05) is 6.54 Å². The normalized spacial score (nSPS) is 10.7. The van der Waals surface area contributed by atoms with E-state index < -0.39 is 0 Å². The molecule has 0 fully saturated rings. The number of benzene rings is 1. The summed E-state index contributed by atoms with van der Waals surface area (Å²) in [5.74, 6) is 0. The Labute approximate surface area is 106 Å². The first-order chi connectivity index (χ1) is 8.38. The van der Waals surface area contributed by atoms with Gasteiger partial charge in [-0.25, -0.2) is 0 Å². The van der Waals surface area contributed by atoms with Crippen molar-refractivity contribution < 1.29 is 0 Å². The Morgan fingerprint density at radius 3 is 1.94 bits per heavy atom. The van der Waals surface area contributed by atoms with Gasteiger partial charge < -0.3 is 5.73 Å². The molecule has 0 spiro atoms. The molecule has 0 heterocycles. The lowest BCUT2D eigenvalue weighted by Gasteiger charge is -2.09. The zero-order valence-electron chi connectivity index (χ0n) is 11.3. The smallest absolute Gasteiger partial charge is 0.00773 e. The molecule has 0 aliphatic heterocycles.